The van der Waals surface area contributed by atoms with Crippen LogP contribution < -0.4 is 9.47 Å². The van der Waals surface area contributed by atoms with Crippen molar-refractivity contribution in [2.24, 2.45) is 4.99 Å². The van der Waals surface area contributed by atoms with Crippen molar-refractivity contribution >= 4 is 17.5 Å². The number of aliphatic imine (C=N–C) groups is 1. The molecule has 1 aromatic carbocycles. The van der Waals surface area contributed by atoms with Gasteiger partial charge in [0.1, 0.15) is 18.2 Å². The molecule has 0 aliphatic carbocycles. The van der Waals surface area contributed by atoms with Gasteiger partial charge in [-0.2, -0.15) is 0 Å². The van der Waals surface area contributed by atoms with E-state index < -0.39 is 0 Å². The summed E-state index contributed by atoms with van der Waals surface area (Å²) in [6, 6.07) is 5.87. The summed E-state index contributed by atoms with van der Waals surface area (Å²) in [5.41, 5.74) is 3.00. The van der Waals surface area contributed by atoms with Crippen LogP contribution in [0.3, 0.4) is 0 Å². The zero-order chi connectivity index (χ0) is 11.4. The molecule has 86 valence electrons. The summed E-state index contributed by atoms with van der Waals surface area (Å²) < 4.78 is 12.7. The molecule has 0 saturated heterocycles. The van der Waals surface area contributed by atoms with Crippen molar-refractivity contribution in [1.82, 2.24) is 4.31 Å². The Kier molecular flexibility index (Phi) is 3.69. The van der Waals surface area contributed by atoms with Gasteiger partial charge in [0, 0.05) is 18.2 Å². The van der Waals surface area contributed by atoms with Crippen LogP contribution in [-0.2, 0) is 6.54 Å². The maximum atomic E-state index is 5.34. The average Bonchev–Trinajstić information content (AvgIpc) is 2.82. The summed E-state index contributed by atoms with van der Waals surface area (Å²) in [7, 11) is 3.32. The predicted octanol–water partition coefficient (Wildman–Crippen LogP) is 2.15. The molecule has 1 aliphatic heterocycles. The van der Waals surface area contributed by atoms with Crippen molar-refractivity contribution in [3.8, 4) is 11.5 Å². The van der Waals surface area contributed by atoms with Gasteiger partial charge in [-0.05, 0) is 18.0 Å². The van der Waals surface area contributed by atoms with Gasteiger partial charge in [0.15, 0.2) is 0 Å². The van der Waals surface area contributed by atoms with Crippen LogP contribution in [-0.4, -0.2) is 30.7 Å². The van der Waals surface area contributed by atoms with Gasteiger partial charge in [0.05, 0.1) is 19.8 Å². The first-order valence-corrected chi connectivity index (χ1v) is 5.78. The average molecular weight is 238 g/mol. The van der Waals surface area contributed by atoms with Gasteiger partial charge in [0.25, 0.3) is 0 Å². The van der Waals surface area contributed by atoms with E-state index in [1.807, 2.05) is 23.7 Å². The first kappa shape index (κ1) is 11.3. The minimum absolute atomic E-state index is 0.736. The Labute approximate surface area is 99.4 Å². The Hall–Kier alpha value is -1.20. The van der Waals surface area contributed by atoms with Gasteiger partial charge in [-0.25, -0.2) is 4.31 Å². The van der Waals surface area contributed by atoms with Crippen molar-refractivity contribution in [3.63, 3.8) is 0 Å². The Morgan fingerprint density at radius 1 is 1.38 bits per heavy atom. The van der Waals surface area contributed by atoms with Gasteiger partial charge in [-0.1, -0.05) is 6.07 Å². The number of benzene rings is 1. The van der Waals surface area contributed by atoms with Crippen LogP contribution in [0, 0.1) is 0 Å². The lowest BCUT2D eigenvalue weighted by atomic mass is 10.2. The topological polar surface area (TPSA) is 34.1 Å². The first-order valence-electron chi connectivity index (χ1n) is 4.94. The number of nitrogens with zero attached hydrogens (tertiary/aromatic N) is 2. The number of hydrogen-bond donors (Lipinski definition) is 0. The molecule has 0 N–H and O–H groups in total. The Bertz CT molecular complexity index is 388. The predicted molar refractivity (Wildman–Crippen MR) is 66.0 cm³/mol. The Morgan fingerprint density at radius 2 is 2.25 bits per heavy atom. The highest BCUT2D eigenvalue weighted by Crippen LogP contribution is 2.27. The van der Waals surface area contributed by atoms with Gasteiger partial charge in [0.2, 0.25) is 0 Å². The molecule has 0 fully saturated rings. The molecule has 2 rings (SSSR count). The molecule has 0 radical (unpaired) electrons. The van der Waals surface area contributed by atoms with Crippen molar-refractivity contribution in [2.75, 3.05) is 20.9 Å². The summed E-state index contributed by atoms with van der Waals surface area (Å²) in [6.45, 7) is 1.55. The minimum atomic E-state index is 0.736. The first-order chi connectivity index (χ1) is 7.83. The van der Waals surface area contributed by atoms with Crippen LogP contribution in [0.1, 0.15) is 5.56 Å². The zero-order valence-electron chi connectivity index (χ0n) is 9.34. The maximum Gasteiger partial charge on any atom is 0.127 e. The maximum absolute atomic E-state index is 5.34. The molecule has 0 amide bonds. The zero-order valence-corrected chi connectivity index (χ0v) is 10.2. The molecule has 0 saturated carbocycles. The van der Waals surface area contributed by atoms with E-state index in [0.717, 1.165) is 30.3 Å². The third-order valence-corrected chi connectivity index (χ3v) is 3.14. The molecular weight excluding hydrogens is 224 g/mol. The van der Waals surface area contributed by atoms with Crippen molar-refractivity contribution < 1.29 is 9.47 Å². The van der Waals surface area contributed by atoms with Crippen LogP contribution >= 0.6 is 11.9 Å². The third-order valence-electron chi connectivity index (χ3n) is 2.35. The summed E-state index contributed by atoms with van der Waals surface area (Å²) >= 11 is 1.62. The Balaban J connectivity index is 2.12. The summed E-state index contributed by atoms with van der Waals surface area (Å²) in [5.74, 6) is 1.66. The fourth-order valence-electron chi connectivity index (χ4n) is 1.52. The largest absolute Gasteiger partial charge is 0.497 e. The number of rotatable bonds is 4. The molecule has 0 atom stereocenters. The van der Waals surface area contributed by atoms with Crippen molar-refractivity contribution in [2.45, 2.75) is 6.54 Å². The molecule has 16 heavy (non-hydrogen) atoms. The van der Waals surface area contributed by atoms with E-state index in [-0.39, 0.29) is 0 Å². The van der Waals surface area contributed by atoms with E-state index in [9.17, 15) is 0 Å². The molecule has 1 heterocycles. The molecule has 0 unspecified atom stereocenters. The summed E-state index contributed by atoms with van der Waals surface area (Å²) in [6.07, 6.45) is 0. The van der Waals surface area contributed by atoms with E-state index >= 15 is 0 Å². The van der Waals surface area contributed by atoms with Crippen molar-refractivity contribution in [1.29, 1.82) is 0 Å². The van der Waals surface area contributed by atoms with E-state index in [4.69, 9.17) is 9.47 Å². The van der Waals surface area contributed by atoms with Crippen LogP contribution in [0.15, 0.2) is 23.2 Å². The second kappa shape index (κ2) is 5.23. The molecule has 4 nitrogen and oxygen atoms in total. The van der Waals surface area contributed by atoms with Crippen molar-refractivity contribution in [3.05, 3.63) is 23.8 Å². The second-order valence-electron chi connectivity index (χ2n) is 3.35. The normalized spacial score (nSPS) is 15.4. The lowest BCUT2D eigenvalue weighted by Crippen LogP contribution is -2.11. The SMILES string of the molecule is COc1ccc(CN2CN=CS2)c(OC)c1. The monoisotopic (exact) mass is 238 g/mol. The summed E-state index contributed by atoms with van der Waals surface area (Å²) in [5, 5.41) is 0. The number of hydrogen-bond acceptors (Lipinski definition) is 5. The molecule has 5 heteroatoms. The fourth-order valence-corrected chi connectivity index (χ4v) is 2.13. The van der Waals surface area contributed by atoms with Crippen LogP contribution in [0.25, 0.3) is 0 Å². The molecule has 0 bridgehead atoms. The minimum Gasteiger partial charge on any atom is -0.497 e. The number of methoxy groups -OCH3 is 2. The van der Waals surface area contributed by atoms with Crippen LogP contribution in [0.5, 0.6) is 11.5 Å². The molecule has 0 spiro atoms. The Morgan fingerprint density at radius 3 is 2.88 bits per heavy atom. The quantitative estimate of drug-likeness (QED) is 0.753. The molecule has 1 aromatic rings. The highest BCUT2D eigenvalue weighted by Gasteiger charge is 2.12. The van der Waals surface area contributed by atoms with Gasteiger partial charge in [-0.15, -0.1) is 0 Å². The molecule has 0 aromatic heterocycles. The smallest absolute Gasteiger partial charge is 0.127 e. The van der Waals surface area contributed by atoms with E-state index in [1.165, 1.54) is 0 Å². The number of ether oxygens (including phenoxy) is 2. The van der Waals surface area contributed by atoms with E-state index in [0.29, 0.717) is 0 Å². The standard InChI is InChI=1S/C11H14N2O2S/c1-14-10-4-3-9(11(5-10)15-2)6-13-7-12-8-16-13/h3-5,8H,6-7H2,1-2H3. The van der Waals surface area contributed by atoms with Gasteiger partial charge >= 0.3 is 0 Å². The lowest BCUT2D eigenvalue weighted by molar-refractivity contribution is 0.384. The third kappa shape index (κ3) is 2.48. The molecule has 1 aliphatic rings. The van der Waals surface area contributed by atoms with Crippen LogP contribution in [0.4, 0.5) is 0 Å². The van der Waals surface area contributed by atoms with Gasteiger partial charge < -0.3 is 9.47 Å². The highest BCUT2D eigenvalue weighted by molar-refractivity contribution is 8.10. The van der Waals surface area contributed by atoms with E-state index in [2.05, 4.69) is 9.30 Å². The highest BCUT2D eigenvalue weighted by atomic mass is 32.2. The lowest BCUT2D eigenvalue weighted by Gasteiger charge is -2.15. The second-order valence-corrected chi connectivity index (χ2v) is 4.29. The van der Waals surface area contributed by atoms with Crippen LogP contribution in [0.2, 0.25) is 0 Å². The van der Waals surface area contributed by atoms with E-state index in [1.54, 1.807) is 26.2 Å². The fraction of sp³-hybridized carbons (Fsp3) is 0.364. The van der Waals surface area contributed by atoms with Gasteiger partial charge in [-0.3, -0.25) is 4.99 Å². The summed E-state index contributed by atoms with van der Waals surface area (Å²) in [4.78, 5) is 4.15. The molecular formula is C11H14N2O2S.